The third-order valence-electron chi connectivity index (χ3n) is 2.73. The number of aromatic nitrogens is 1. The molecule has 0 radical (unpaired) electrons. The number of rotatable bonds is 4. The van der Waals surface area contributed by atoms with E-state index in [0.29, 0.717) is 0 Å². The van der Waals surface area contributed by atoms with E-state index in [2.05, 4.69) is 9.88 Å². The van der Waals surface area contributed by atoms with Crippen molar-refractivity contribution in [1.29, 1.82) is 0 Å². The van der Waals surface area contributed by atoms with Gasteiger partial charge in [-0.25, -0.2) is 0 Å². The van der Waals surface area contributed by atoms with Crippen LogP contribution in [0.5, 0.6) is 0 Å². The van der Waals surface area contributed by atoms with E-state index < -0.39 is 5.91 Å². The highest BCUT2D eigenvalue weighted by Gasteiger charge is 2.07. The van der Waals surface area contributed by atoms with Crippen LogP contribution in [0.25, 0.3) is 17.0 Å². The molecule has 0 saturated carbocycles. The van der Waals surface area contributed by atoms with Gasteiger partial charge in [0, 0.05) is 29.7 Å². The lowest BCUT2D eigenvalue weighted by atomic mass is 10.1. The number of hydrogen-bond acceptors (Lipinski definition) is 2. The summed E-state index contributed by atoms with van der Waals surface area (Å²) in [5.41, 5.74) is 8.42. The number of hydrogen-bond donors (Lipinski definition) is 2. The van der Waals surface area contributed by atoms with E-state index in [1.54, 1.807) is 6.08 Å². The number of fused-ring (bicyclic) bond motifs is 1. The molecule has 1 amide bonds. The summed E-state index contributed by atoms with van der Waals surface area (Å²) in [6.07, 6.45) is 5.16. The average Bonchev–Trinajstić information content (AvgIpc) is 2.69. The van der Waals surface area contributed by atoms with Crippen LogP contribution < -0.4 is 5.73 Å². The maximum Gasteiger partial charge on any atom is 0.241 e. The van der Waals surface area contributed by atoms with Gasteiger partial charge < -0.3 is 15.6 Å². The molecule has 0 aliphatic heterocycles. The first kappa shape index (κ1) is 12.4. The Labute approximate surface area is 106 Å². The molecule has 0 saturated heterocycles. The van der Waals surface area contributed by atoms with Gasteiger partial charge in [-0.2, -0.15) is 0 Å². The van der Waals surface area contributed by atoms with Gasteiger partial charge in [-0.15, -0.1) is 0 Å². The Morgan fingerprint density at radius 2 is 2.22 bits per heavy atom. The maximum absolute atomic E-state index is 10.8. The SMILES string of the molecule is CN(C)Cc1c[nH]c2cccc(/C=C/C(N)=O)c12. The van der Waals surface area contributed by atoms with Gasteiger partial charge in [0.05, 0.1) is 0 Å². The van der Waals surface area contributed by atoms with Crippen molar-refractivity contribution in [3.05, 3.63) is 41.6 Å². The summed E-state index contributed by atoms with van der Waals surface area (Å²) in [6, 6.07) is 5.96. The van der Waals surface area contributed by atoms with Crippen LogP contribution in [0, 0.1) is 0 Å². The molecule has 0 bridgehead atoms. The fraction of sp³-hybridized carbons (Fsp3) is 0.214. The Morgan fingerprint density at radius 1 is 1.44 bits per heavy atom. The van der Waals surface area contributed by atoms with Crippen molar-refractivity contribution in [2.75, 3.05) is 14.1 Å². The van der Waals surface area contributed by atoms with Gasteiger partial charge in [-0.3, -0.25) is 4.79 Å². The van der Waals surface area contributed by atoms with E-state index in [-0.39, 0.29) is 0 Å². The van der Waals surface area contributed by atoms with Crippen molar-refractivity contribution in [3.63, 3.8) is 0 Å². The van der Waals surface area contributed by atoms with Crippen molar-refractivity contribution >= 4 is 22.9 Å². The average molecular weight is 243 g/mol. The van der Waals surface area contributed by atoms with Crippen molar-refractivity contribution in [1.82, 2.24) is 9.88 Å². The van der Waals surface area contributed by atoms with E-state index in [1.807, 2.05) is 38.5 Å². The molecule has 18 heavy (non-hydrogen) atoms. The number of benzene rings is 1. The van der Waals surface area contributed by atoms with Crippen LogP contribution in [-0.4, -0.2) is 29.9 Å². The Kier molecular flexibility index (Phi) is 3.48. The molecule has 1 aromatic carbocycles. The number of nitrogens with one attached hydrogen (secondary N) is 1. The second-order valence-corrected chi connectivity index (χ2v) is 4.56. The summed E-state index contributed by atoms with van der Waals surface area (Å²) in [6.45, 7) is 0.849. The lowest BCUT2D eigenvalue weighted by Gasteiger charge is -2.09. The quantitative estimate of drug-likeness (QED) is 0.803. The first-order valence-electron chi connectivity index (χ1n) is 5.79. The molecule has 0 aliphatic rings. The number of carbonyl (C=O) groups excluding carboxylic acids is 1. The van der Waals surface area contributed by atoms with Gasteiger partial charge in [0.25, 0.3) is 0 Å². The molecule has 0 unspecified atom stereocenters. The largest absolute Gasteiger partial charge is 0.366 e. The van der Waals surface area contributed by atoms with Gasteiger partial charge in [0.1, 0.15) is 0 Å². The zero-order valence-corrected chi connectivity index (χ0v) is 10.6. The molecule has 0 aliphatic carbocycles. The Morgan fingerprint density at radius 3 is 2.89 bits per heavy atom. The molecule has 0 spiro atoms. The number of H-pyrrole nitrogens is 1. The minimum atomic E-state index is -0.434. The topological polar surface area (TPSA) is 62.1 Å². The molecule has 4 nitrogen and oxygen atoms in total. The number of primary amides is 1. The Bertz CT molecular complexity index is 596. The van der Waals surface area contributed by atoms with Crippen LogP contribution in [-0.2, 0) is 11.3 Å². The van der Waals surface area contributed by atoms with Crippen molar-refractivity contribution in [3.8, 4) is 0 Å². The summed E-state index contributed by atoms with van der Waals surface area (Å²) in [7, 11) is 4.06. The maximum atomic E-state index is 10.8. The van der Waals surface area contributed by atoms with E-state index in [0.717, 1.165) is 23.0 Å². The van der Waals surface area contributed by atoms with Crippen LogP contribution in [0.2, 0.25) is 0 Å². The highest BCUT2D eigenvalue weighted by atomic mass is 16.1. The van der Waals surface area contributed by atoms with E-state index in [4.69, 9.17) is 5.73 Å². The van der Waals surface area contributed by atoms with Crippen molar-refractivity contribution < 1.29 is 4.79 Å². The lowest BCUT2D eigenvalue weighted by Crippen LogP contribution is -2.10. The molecule has 4 heteroatoms. The highest BCUT2D eigenvalue weighted by Crippen LogP contribution is 2.24. The predicted molar refractivity (Wildman–Crippen MR) is 73.9 cm³/mol. The van der Waals surface area contributed by atoms with Gasteiger partial charge >= 0.3 is 0 Å². The molecular weight excluding hydrogens is 226 g/mol. The van der Waals surface area contributed by atoms with Crippen molar-refractivity contribution in [2.24, 2.45) is 5.73 Å². The van der Waals surface area contributed by atoms with Gasteiger partial charge in [0.15, 0.2) is 0 Å². The van der Waals surface area contributed by atoms with E-state index in [9.17, 15) is 4.79 Å². The second kappa shape index (κ2) is 5.06. The number of aromatic amines is 1. The smallest absolute Gasteiger partial charge is 0.241 e. The van der Waals surface area contributed by atoms with Gasteiger partial charge in [0.2, 0.25) is 5.91 Å². The van der Waals surface area contributed by atoms with Gasteiger partial charge in [-0.05, 0) is 37.4 Å². The Balaban J connectivity index is 2.51. The molecule has 0 atom stereocenters. The number of nitrogens with two attached hydrogens (primary N) is 1. The summed E-state index contributed by atoms with van der Waals surface area (Å²) in [5.74, 6) is -0.434. The van der Waals surface area contributed by atoms with Crippen LogP contribution in [0.15, 0.2) is 30.5 Å². The Hall–Kier alpha value is -2.07. The molecule has 2 rings (SSSR count). The molecule has 1 aromatic heterocycles. The monoisotopic (exact) mass is 243 g/mol. The van der Waals surface area contributed by atoms with Gasteiger partial charge in [-0.1, -0.05) is 12.1 Å². The molecule has 94 valence electrons. The van der Waals surface area contributed by atoms with Crippen LogP contribution >= 0.6 is 0 Å². The standard InChI is InChI=1S/C14H17N3O/c1-17(2)9-11-8-16-12-5-3-4-10(14(11)12)6-7-13(15)18/h3-8,16H,9H2,1-2H3,(H2,15,18)/b7-6+. The number of carbonyl (C=O) groups is 1. The third kappa shape index (κ3) is 2.60. The third-order valence-corrected chi connectivity index (χ3v) is 2.73. The molecule has 3 N–H and O–H groups in total. The highest BCUT2D eigenvalue weighted by molar-refractivity contribution is 5.96. The summed E-state index contributed by atoms with van der Waals surface area (Å²) in [4.78, 5) is 16.2. The summed E-state index contributed by atoms with van der Waals surface area (Å²) < 4.78 is 0. The summed E-state index contributed by atoms with van der Waals surface area (Å²) in [5, 5.41) is 1.14. The first-order chi connectivity index (χ1) is 8.58. The molecule has 0 fully saturated rings. The second-order valence-electron chi connectivity index (χ2n) is 4.56. The zero-order chi connectivity index (χ0) is 13.1. The fourth-order valence-electron chi connectivity index (χ4n) is 2.06. The summed E-state index contributed by atoms with van der Waals surface area (Å²) >= 11 is 0. The minimum Gasteiger partial charge on any atom is -0.366 e. The van der Waals surface area contributed by atoms with Crippen molar-refractivity contribution in [2.45, 2.75) is 6.54 Å². The predicted octanol–water partition coefficient (Wildman–Crippen LogP) is 1.73. The zero-order valence-electron chi connectivity index (χ0n) is 10.6. The van der Waals surface area contributed by atoms with Crippen LogP contribution in [0.1, 0.15) is 11.1 Å². The molecular formula is C14H17N3O. The normalized spacial score (nSPS) is 11.7. The lowest BCUT2D eigenvalue weighted by molar-refractivity contribution is -0.113. The number of nitrogens with zero attached hydrogens (tertiary/aromatic N) is 1. The molecule has 1 heterocycles. The van der Waals surface area contributed by atoms with E-state index in [1.165, 1.54) is 11.6 Å². The molecule has 2 aromatic rings. The van der Waals surface area contributed by atoms with E-state index >= 15 is 0 Å². The van der Waals surface area contributed by atoms with Crippen LogP contribution in [0.4, 0.5) is 0 Å². The van der Waals surface area contributed by atoms with Crippen LogP contribution in [0.3, 0.4) is 0 Å². The first-order valence-corrected chi connectivity index (χ1v) is 5.79. The number of amides is 1. The fourth-order valence-corrected chi connectivity index (χ4v) is 2.06. The minimum absolute atomic E-state index is 0.434.